The summed E-state index contributed by atoms with van der Waals surface area (Å²) >= 11 is 0. The Morgan fingerprint density at radius 1 is 1.78 bits per heavy atom. The summed E-state index contributed by atoms with van der Waals surface area (Å²) in [5.41, 5.74) is 4.92. The Morgan fingerprint density at radius 3 is 2.44 bits per heavy atom. The number of hydrogen-bond acceptors (Lipinski definition) is 2. The number of primary amides is 1. The lowest BCUT2D eigenvalue weighted by atomic mass is 10.0. The third kappa shape index (κ3) is 2.85. The van der Waals surface area contributed by atoms with Crippen LogP contribution in [0.1, 0.15) is 19.8 Å². The lowest BCUT2D eigenvalue weighted by Gasteiger charge is -2.02. The van der Waals surface area contributed by atoms with Crippen LogP contribution in [0.15, 0.2) is 0 Å². The lowest BCUT2D eigenvalue weighted by molar-refractivity contribution is -0.121. The van der Waals surface area contributed by atoms with Gasteiger partial charge in [0.1, 0.15) is 0 Å². The van der Waals surface area contributed by atoms with Crippen LogP contribution >= 0.6 is 0 Å². The molecule has 0 heterocycles. The molecule has 3 heteroatoms. The highest BCUT2D eigenvalue weighted by Crippen LogP contribution is 2.03. The molecular formula is C6H10NO2. The average molecular weight is 128 g/mol. The first-order valence-corrected chi connectivity index (χ1v) is 2.86. The molecule has 0 aliphatic carbocycles. The van der Waals surface area contributed by atoms with Gasteiger partial charge in [0.2, 0.25) is 5.91 Å². The normalized spacial score (nSPS) is 12.6. The Balaban J connectivity index is 3.67. The number of nitrogens with two attached hydrogens (primary N) is 1. The van der Waals surface area contributed by atoms with E-state index in [-0.39, 0.29) is 12.3 Å². The van der Waals surface area contributed by atoms with Crippen molar-refractivity contribution in [2.75, 3.05) is 0 Å². The molecule has 0 spiro atoms. The minimum Gasteiger partial charge on any atom is -0.369 e. The van der Waals surface area contributed by atoms with Crippen molar-refractivity contribution in [1.29, 1.82) is 0 Å². The van der Waals surface area contributed by atoms with E-state index in [0.717, 1.165) is 0 Å². The van der Waals surface area contributed by atoms with E-state index in [1.54, 1.807) is 6.29 Å². The first-order valence-electron chi connectivity index (χ1n) is 2.86. The maximum atomic E-state index is 10.4. The van der Waals surface area contributed by atoms with Crippen LogP contribution in [0.3, 0.4) is 0 Å². The Bertz CT molecular complexity index is 112. The molecule has 0 saturated heterocycles. The second kappa shape index (κ2) is 4.06. The zero-order valence-corrected chi connectivity index (χ0v) is 5.39. The van der Waals surface area contributed by atoms with Crippen LogP contribution in [-0.4, -0.2) is 12.2 Å². The molecule has 9 heavy (non-hydrogen) atoms. The van der Waals surface area contributed by atoms with Crippen molar-refractivity contribution in [2.24, 2.45) is 11.7 Å². The second-order valence-corrected chi connectivity index (χ2v) is 1.86. The molecule has 1 amide bonds. The van der Waals surface area contributed by atoms with Crippen molar-refractivity contribution >= 4 is 12.2 Å². The van der Waals surface area contributed by atoms with Gasteiger partial charge in [0.15, 0.2) is 6.29 Å². The molecule has 0 aliphatic heterocycles. The molecule has 0 aliphatic rings. The zero-order chi connectivity index (χ0) is 7.28. The van der Waals surface area contributed by atoms with Crippen molar-refractivity contribution in [1.82, 2.24) is 0 Å². The van der Waals surface area contributed by atoms with Gasteiger partial charge < -0.3 is 5.73 Å². The van der Waals surface area contributed by atoms with E-state index in [4.69, 9.17) is 5.73 Å². The van der Waals surface area contributed by atoms with Gasteiger partial charge in [0.25, 0.3) is 0 Å². The number of amides is 1. The number of carbonyl (C=O) groups excluding carboxylic acids is 2. The highest BCUT2D eigenvalue weighted by molar-refractivity contribution is 5.79. The van der Waals surface area contributed by atoms with Gasteiger partial charge in [-0.2, -0.15) is 0 Å². The van der Waals surface area contributed by atoms with Crippen LogP contribution in [0, 0.1) is 5.92 Å². The van der Waals surface area contributed by atoms with Gasteiger partial charge in [-0.25, -0.2) is 0 Å². The highest BCUT2D eigenvalue weighted by Gasteiger charge is 2.11. The number of carbonyl (C=O) groups is 1. The maximum Gasteiger partial charge on any atom is 0.220 e. The van der Waals surface area contributed by atoms with E-state index in [1.807, 2.05) is 6.92 Å². The van der Waals surface area contributed by atoms with Gasteiger partial charge in [-0.05, 0) is 6.42 Å². The van der Waals surface area contributed by atoms with Gasteiger partial charge in [0, 0.05) is 12.3 Å². The van der Waals surface area contributed by atoms with Crippen molar-refractivity contribution in [3.05, 3.63) is 0 Å². The molecule has 0 aromatic heterocycles. The summed E-state index contributed by atoms with van der Waals surface area (Å²) in [6.45, 7) is 1.81. The molecule has 1 radical (unpaired) electrons. The zero-order valence-electron chi connectivity index (χ0n) is 5.39. The molecule has 0 bridgehead atoms. The van der Waals surface area contributed by atoms with E-state index < -0.39 is 5.91 Å². The van der Waals surface area contributed by atoms with Crippen molar-refractivity contribution in [3.8, 4) is 0 Å². The predicted octanol–water partition coefficient (Wildman–Crippen LogP) is -0.00230. The first kappa shape index (κ1) is 8.14. The van der Waals surface area contributed by atoms with E-state index in [9.17, 15) is 9.59 Å². The number of hydrogen-bond donors (Lipinski definition) is 1. The van der Waals surface area contributed by atoms with Gasteiger partial charge in [-0.1, -0.05) is 6.92 Å². The van der Waals surface area contributed by atoms with Crippen LogP contribution in [0.25, 0.3) is 0 Å². The van der Waals surface area contributed by atoms with Crippen LogP contribution in [0.4, 0.5) is 0 Å². The van der Waals surface area contributed by atoms with Crippen LogP contribution in [0.2, 0.25) is 0 Å². The molecule has 0 rings (SSSR count). The fourth-order valence-electron chi connectivity index (χ4n) is 0.547. The van der Waals surface area contributed by atoms with Crippen LogP contribution in [-0.2, 0) is 9.59 Å². The molecule has 1 unspecified atom stereocenters. The molecular weight excluding hydrogens is 118 g/mol. The van der Waals surface area contributed by atoms with Crippen LogP contribution in [0.5, 0.6) is 0 Å². The van der Waals surface area contributed by atoms with Crippen molar-refractivity contribution in [2.45, 2.75) is 19.8 Å². The summed E-state index contributed by atoms with van der Waals surface area (Å²) < 4.78 is 0. The van der Waals surface area contributed by atoms with Gasteiger partial charge >= 0.3 is 0 Å². The summed E-state index contributed by atoms with van der Waals surface area (Å²) in [5.74, 6) is -0.733. The second-order valence-electron chi connectivity index (χ2n) is 1.86. The number of rotatable bonds is 4. The van der Waals surface area contributed by atoms with Gasteiger partial charge in [0.05, 0.1) is 0 Å². The molecule has 0 aromatic rings. The topological polar surface area (TPSA) is 60.2 Å². The first-order chi connectivity index (χ1) is 4.22. The maximum absolute atomic E-state index is 10.4. The summed E-state index contributed by atoms with van der Waals surface area (Å²) in [6.07, 6.45) is 2.40. The highest BCUT2D eigenvalue weighted by atomic mass is 16.1. The predicted molar refractivity (Wildman–Crippen MR) is 33.3 cm³/mol. The lowest BCUT2D eigenvalue weighted by Crippen LogP contribution is -2.22. The third-order valence-electron chi connectivity index (χ3n) is 1.22. The molecule has 2 N–H and O–H groups in total. The molecule has 1 atom stereocenters. The Hall–Kier alpha value is -0.860. The average Bonchev–Trinajstić information content (AvgIpc) is 1.82. The summed E-state index contributed by atoms with van der Waals surface area (Å²) in [7, 11) is 0. The quantitative estimate of drug-likeness (QED) is 0.579. The Kier molecular flexibility index (Phi) is 3.67. The van der Waals surface area contributed by atoms with E-state index in [0.29, 0.717) is 6.42 Å². The molecule has 0 saturated carbocycles. The molecule has 3 nitrogen and oxygen atoms in total. The molecule has 51 valence electrons. The standard InChI is InChI=1S/C6H10NO2/c1-2-5(3-4-8)6(7)9/h5H,2-3H2,1H3,(H2,7,9). The van der Waals surface area contributed by atoms with Gasteiger partial charge in [-0.15, -0.1) is 0 Å². The fourth-order valence-corrected chi connectivity index (χ4v) is 0.547. The summed E-state index contributed by atoms with van der Waals surface area (Å²) in [4.78, 5) is 20.1. The van der Waals surface area contributed by atoms with E-state index in [2.05, 4.69) is 0 Å². The minimum atomic E-state index is -0.416. The Morgan fingerprint density at radius 2 is 2.33 bits per heavy atom. The van der Waals surface area contributed by atoms with Crippen molar-refractivity contribution in [3.63, 3.8) is 0 Å². The van der Waals surface area contributed by atoms with Crippen molar-refractivity contribution < 1.29 is 9.59 Å². The van der Waals surface area contributed by atoms with Gasteiger partial charge in [-0.3, -0.25) is 9.59 Å². The monoisotopic (exact) mass is 128 g/mol. The van der Waals surface area contributed by atoms with E-state index >= 15 is 0 Å². The SMILES string of the molecule is CCC(C[C]=O)C(N)=O. The summed E-state index contributed by atoms with van der Waals surface area (Å²) in [5, 5.41) is 0. The third-order valence-corrected chi connectivity index (χ3v) is 1.22. The fraction of sp³-hybridized carbons (Fsp3) is 0.667. The molecule has 0 fully saturated rings. The largest absolute Gasteiger partial charge is 0.369 e. The van der Waals surface area contributed by atoms with Crippen LogP contribution < -0.4 is 5.73 Å². The summed E-state index contributed by atoms with van der Waals surface area (Å²) in [6, 6.07) is 0. The molecule has 0 aromatic carbocycles. The Labute approximate surface area is 54.2 Å². The van der Waals surface area contributed by atoms with E-state index in [1.165, 1.54) is 0 Å². The smallest absolute Gasteiger partial charge is 0.220 e. The minimum absolute atomic E-state index is 0.131.